The quantitative estimate of drug-likeness (QED) is 0.714. The van der Waals surface area contributed by atoms with Crippen LogP contribution in [0.15, 0.2) is 42.0 Å². The molecular weight excluding hydrogens is 206 g/mol. The molecule has 0 N–H and O–H groups in total. The fourth-order valence-corrected chi connectivity index (χ4v) is 2.45. The highest BCUT2D eigenvalue weighted by Crippen LogP contribution is 2.23. The second-order valence-electron chi connectivity index (χ2n) is 5.22. The maximum atomic E-state index is 2.43. The van der Waals surface area contributed by atoms with Gasteiger partial charge in [0.25, 0.3) is 0 Å². The molecule has 0 aliphatic carbocycles. The third-order valence-corrected chi connectivity index (χ3v) is 3.79. The topological polar surface area (TPSA) is 3.24 Å². The Labute approximate surface area is 105 Å². The molecule has 1 heteroatoms. The van der Waals surface area contributed by atoms with E-state index in [1.165, 1.54) is 31.4 Å². The van der Waals surface area contributed by atoms with Crippen LogP contribution in [0.5, 0.6) is 0 Å². The fraction of sp³-hybridized carbons (Fsp3) is 0.500. The van der Waals surface area contributed by atoms with Crippen LogP contribution < -0.4 is 0 Å². The molecule has 0 fully saturated rings. The summed E-state index contributed by atoms with van der Waals surface area (Å²) in [4.78, 5) is 2.38. The second kappa shape index (κ2) is 6.02. The first-order chi connectivity index (χ1) is 8.25. The first-order valence-electron chi connectivity index (χ1n) is 6.67. The van der Waals surface area contributed by atoms with Crippen molar-refractivity contribution in [2.45, 2.75) is 26.2 Å². The lowest BCUT2D eigenvalue weighted by Gasteiger charge is -2.25. The number of hydrogen-bond donors (Lipinski definition) is 0. The molecule has 0 radical (unpaired) electrons. The average Bonchev–Trinajstić information content (AvgIpc) is 2.38. The Balaban J connectivity index is 1.83. The Bertz CT molecular complexity index is 366. The maximum absolute atomic E-state index is 2.43. The lowest BCUT2D eigenvalue weighted by Crippen LogP contribution is -2.25. The Morgan fingerprint density at radius 3 is 2.65 bits per heavy atom. The van der Waals surface area contributed by atoms with Gasteiger partial charge in [-0.3, -0.25) is 0 Å². The lowest BCUT2D eigenvalue weighted by atomic mass is 9.90. The van der Waals surface area contributed by atoms with Crippen LogP contribution in [0, 0.1) is 5.92 Å². The van der Waals surface area contributed by atoms with E-state index in [4.69, 9.17) is 0 Å². The van der Waals surface area contributed by atoms with Crippen LogP contribution in [-0.4, -0.2) is 25.0 Å². The van der Waals surface area contributed by atoms with Crippen molar-refractivity contribution in [3.05, 3.63) is 47.5 Å². The van der Waals surface area contributed by atoms with Gasteiger partial charge < -0.3 is 4.90 Å². The zero-order valence-electron chi connectivity index (χ0n) is 11.0. The Hall–Kier alpha value is -1.08. The minimum Gasteiger partial charge on any atom is -0.302 e. The largest absolute Gasteiger partial charge is 0.302 e. The van der Waals surface area contributed by atoms with E-state index in [0.717, 1.165) is 12.5 Å². The fourth-order valence-electron chi connectivity index (χ4n) is 2.45. The van der Waals surface area contributed by atoms with Crippen LogP contribution in [0.2, 0.25) is 0 Å². The molecule has 17 heavy (non-hydrogen) atoms. The van der Waals surface area contributed by atoms with Crippen LogP contribution in [0.3, 0.4) is 0 Å². The normalized spacial score (nSPS) is 18.8. The van der Waals surface area contributed by atoms with Gasteiger partial charge in [0.15, 0.2) is 0 Å². The van der Waals surface area contributed by atoms with Crippen LogP contribution in [-0.2, 0) is 6.42 Å². The average molecular weight is 229 g/mol. The van der Waals surface area contributed by atoms with E-state index in [-0.39, 0.29) is 0 Å². The summed E-state index contributed by atoms with van der Waals surface area (Å²) in [5.74, 6) is 0.740. The number of benzene rings is 1. The molecule has 92 valence electrons. The highest BCUT2D eigenvalue weighted by molar-refractivity contribution is 5.16. The number of likely N-dealkylation sites (N-methyl/N-ethyl adjacent to an activating group) is 1. The van der Waals surface area contributed by atoms with Crippen molar-refractivity contribution in [2.24, 2.45) is 5.92 Å². The minimum atomic E-state index is 0.740. The van der Waals surface area contributed by atoms with E-state index in [1.807, 2.05) is 0 Å². The molecule has 0 saturated heterocycles. The van der Waals surface area contributed by atoms with E-state index >= 15 is 0 Å². The van der Waals surface area contributed by atoms with Crippen molar-refractivity contribution >= 4 is 0 Å². The van der Waals surface area contributed by atoms with Crippen molar-refractivity contribution in [3.8, 4) is 0 Å². The summed E-state index contributed by atoms with van der Waals surface area (Å²) in [5, 5.41) is 0. The SMILES string of the molecule is CC(CCc1ccccc1)C1=CCN(C)CC1. The maximum Gasteiger partial charge on any atom is 0.0163 e. The van der Waals surface area contributed by atoms with E-state index in [1.54, 1.807) is 5.57 Å². The Morgan fingerprint density at radius 2 is 2.00 bits per heavy atom. The van der Waals surface area contributed by atoms with Gasteiger partial charge >= 0.3 is 0 Å². The molecule has 0 amide bonds. The van der Waals surface area contributed by atoms with Gasteiger partial charge in [0.2, 0.25) is 0 Å². The van der Waals surface area contributed by atoms with Crippen LogP contribution in [0.1, 0.15) is 25.3 Å². The number of rotatable bonds is 4. The monoisotopic (exact) mass is 229 g/mol. The minimum absolute atomic E-state index is 0.740. The van der Waals surface area contributed by atoms with Crippen LogP contribution in [0.25, 0.3) is 0 Å². The second-order valence-corrected chi connectivity index (χ2v) is 5.22. The number of nitrogens with zero attached hydrogens (tertiary/aromatic N) is 1. The standard InChI is InChI=1S/C16H23N/c1-14(16-10-12-17(2)13-11-16)8-9-15-6-4-3-5-7-15/h3-7,10,14H,8-9,11-13H2,1-2H3. The Kier molecular flexibility index (Phi) is 4.38. The van der Waals surface area contributed by atoms with Gasteiger partial charge in [-0.1, -0.05) is 48.9 Å². The smallest absolute Gasteiger partial charge is 0.0163 e. The molecule has 1 aliphatic heterocycles. The van der Waals surface area contributed by atoms with Crippen molar-refractivity contribution in [2.75, 3.05) is 20.1 Å². The van der Waals surface area contributed by atoms with Gasteiger partial charge in [0.1, 0.15) is 0 Å². The van der Waals surface area contributed by atoms with Crippen molar-refractivity contribution in [3.63, 3.8) is 0 Å². The zero-order chi connectivity index (χ0) is 12.1. The van der Waals surface area contributed by atoms with Crippen molar-refractivity contribution in [1.82, 2.24) is 4.90 Å². The summed E-state index contributed by atoms with van der Waals surface area (Å²) in [6.45, 7) is 4.73. The van der Waals surface area contributed by atoms with Gasteiger partial charge in [0, 0.05) is 13.1 Å². The van der Waals surface area contributed by atoms with Crippen molar-refractivity contribution in [1.29, 1.82) is 0 Å². The summed E-state index contributed by atoms with van der Waals surface area (Å²) < 4.78 is 0. The van der Waals surface area contributed by atoms with E-state index in [9.17, 15) is 0 Å². The summed E-state index contributed by atoms with van der Waals surface area (Å²) >= 11 is 0. The summed E-state index contributed by atoms with van der Waals surface area (Å²) in [5.41, 5.74) is 3.13. The predicted octanol–water partition coefficient (Wildman–Crippen LogP) is 3.52. The van der Waals surface area contributed by atoms with E-state index in [0.29, 0.717) is 0 Å². The molecule has 1 aliphatic rings. The van der Waals surface area contributed by atoms with Gasteiger partial charge in [-0.2, -0.15) is 0 Å². The van der Waals surface area contributed by atoms with E-state index in [2.05, 4.69) is 55.3 Å². The predicted molar refractivity (Wildman–Crippen MR) is 74.1 cm³/mol. The molecule has 0 bridgehead atoms. The van der Waals surface area contributed by atoms with Gasteiger partial charge in [-0.25, -0.2) is 0 Å². The molecule has 1 aromatic rings. The van der Waals surface area contributed by atoms with Crippen LogP contribution >= 0.6 is 0 Å². The first-order valence-corrected chi connectivity index (χ1v) is 6.67. The van der Waals surface area contributed by atoms with Gasteiger partial charge in [0.05, 0.1) is 0 Å². The molecule has 1 unspecified atom stereocenters. The number of aryl methyl sites for hydroxylation is 1. The lowest BCUT2D eigenvalue weighted by molar-refractivity contribution is 0.347. The summed E-state index contributed by atoms with van der Waals surface area (Å²) in [6, 6.07) is 10.8. The van der Waals surface area contributed by atoms with Gasteiger partial charge in [-0.15, -0.1) is 0 Å². The molecule has 1 atom stereocenters. The highest BCUT2D eigenvalue weighted by Gasteiger charge is 2.13. The van der Waals surface area contributed by atoms with Gasteiger partial charge in [-0.05, 0) is 37.8 Å². The third kappa shape index (κ3) is 3.71. The molecule has 0 aromatic heterocycles. The van der Waals surface area contributed by atoms with Crippen molar-refractivity contribution < 1.29 is 0 Å². The summed E-state index contributed by atoms with van der Waals surface area (Å²) in [7, 11) is 2.20. The van der Waals surface area contributed by atoms with Crippen LogP contribution in [0.4, 0.5) is 0 Å². The number of hydrogen-bond acceptors (Lipinski definition) is 1. The molecule has 0 saturated carbocycles. The molecule has 1 heterocycles. The highest BCUT2D eigenvalue weighted by atomic mass is 15.1. The molecule has 0 spiro atoms. The molecular formula is C16H23N. The third-order valence-electron chi connectivity index (χ3n) is 3.79. The molecule has 1 nitrogen and oxygen atoms in total. The molecule has 2 rings (SSSR count). The zero-order valence-corrected chi connectivity index (χ0v) is 11.0. The molecule has 1 aromatic carbocycles. The Morgan fingerprint density at radius 1 is 1.24 bits per heavy atom. The first kappa shape index (κ1) is 12.4. The summed E-state index contributed by atoms with van der Waals surface area (Å²) in [6.07, 6.45) is 6.17. The van der Waals surface area contributed by atoms with E-state index < -0.39 is 0 Å².